The minimum absolute atomic E-state index is 0.155. The topological polar surface area (TPSA) is 82.6 Å². The number of aromatic nitrogens is 2. The number of nitrogens with zero attached hydrogens (tertiary/aromatic N) is 4. The number of amides is 1. The summed E-state index contributed by atoms with van der Waals surface area (Å²) in [4.78, 5) is 25.5. The molecule has 0 atom stereocenters. The Morgan fingerprint density at radius 3 is 2.39 bits per heavy atom. The fraction of sp³-hybridized carbons (Fsp3) is 0.370. The van der Waals surface area contributed by atoms with Gasteiger partial charge < -0.3 is 25.2 Å². The number of piperazine rings is 1. The van der Waals surface area contributed by atoms with Crippen molar-refractivity contribution in [2.45, 2.75) is 19.8 Å². The van der Waals surface area contributed by atoms with Crippen molar-refractivity contribution >= 4 is 23.2 Å². The highest BCUT2D eigenvalue weighted by atomic mass is 19.1. The Morgan fingerprint density at radius 1 is 1.00 bits per heavy atom. The number of ether oxygens (including phenoxy) is 1. The molecule has 1 saturated heterocycles. The van der Waals surface area contributed by atoms with E-state index in [2.05, 4.69) is 37.3 Å². The lowest BCUT2D eigenvalue weighted by atomic mass is 10.0. The van der Waals surface area contributed by atoms with Crippen LogP contribution in [0.15, 0.2) is 48.8 Å². The number of nitrogens with one attached hydrogen (secondary N) is 2. The molecule has 1 aromatic heterocycles. The molecule has 1 amide bonds. The lowest BCUT2D eigenvalue weighted by molar-refractivity contribution is 0.0962. The average molecular weight is 493 g/mol. The number of carbonyl (C=O) groups is 1. The SMILES string of the molecule is CCN1CCN(c2cc(F)cc(Nc3ncc(CCc4cc(OC)cc(C(=O)NC)c4)cn3)c2)CC1. The molecule has 2 heterocycles. The molecule has 1 aliphatic rings. The van der Waals surface area contributed by atoms with Crippen LogP contribution in [0.4, 0.5) is 21.7 Å². The molecule has 2 aromatic carbocycles. The van der Waals surface area contributed by atoms with E-state index in [1.54, 1.807) is 38.7 Å². The molecule has 0 bridgehead atoms. The number of benzene rings is 2. The number of likely N-dealkylation sites (N-methyl/N-ethyl adjacent to an activating group) is 1. The summed E-state index contributed by atoms with van der Waals surface area (Å²) < 4.78 is 19.7. The van der Waals surface area contributed by atoms with Crippen molar-refractivity contribution in [2.24, 2.45) is 0 Å². The van der Waals surface area contributed by atoms with Gasteiger partial charge in [-0.3, -0.25) is 4.79 Å². The van der Waals surface area contributed by atoms with Crippen LogP contribution in [-0.4, -0.2) is 67.7 Å². The van der Waals surface area contributed by atoms with Crippen LogP contribution < -0.4 is 20.3 Å². The van der Waals surface area contributed by atoms with E-state index < -0.39 is 0 Å². The second-order valence-electron chi connectivity index (χ2n) is 8.81. The number of hydrogen-bond donors (Lipinski definition) is 2. The van der Waals surface area contributed by atoms with Gasteiger partial charge in [-0.2, -0.15) is 0 Å². The van der Waals surface area contributed by atoms with Crippen molar-refractivity contribution in [1.82, 2.24) is 20.2 Å². The average Bonchev–Trinajstić information content (AvgIpc) is 2.91. The quantitative estimate of drug-likeness (QED) is 0.472. The maximum atomic E-state index is 14.4. The van der Waals surface area contributed by atoms with Crippen molar-refractivity contribution < 1.29 is 13.9 Å². The molecular formula is C27H33FN6O2. The van der Waals surface area contributed by atoms with Gasteiger partial charge in [-0.15, -0.1) is 0 Å². The maximum Gasteiger partial charge on any atom is 0.251 e. The highest BCUT2D eigenvalue weighted by Crippen LogP contribution is 2.25. The van der Waals surface area contributed by atoms with Crippen molar-refractivity contribution in [3.8, 4) is 5.75 Å². The number of carbonyl (C=O) groups excluding carboxylic acids is 1. The maximum absolute atomic E-state index is 14.4. The molecule has 190 valence electrons. The number of aryl methyl sites for hydroxylation is 2. The second kappa shape index (κ2) is 11.8. The lowest BCUT2D eigenvalue weighted by Gasteiger charge is -2.35. The fourth-order valence-electron chi connectivity index (χ4n) is 4.32. The summed E-state index contributed by atoms with van der Waals surface area (Å²) in [7, 11) is 3.19. The first-order chi connectivity index (χ1) is 17.5. The monoisotopic (exact) mass is 492 g/mol. The molecule has 0 unspecified atom stereocenters. The molecule has 1 aliphatic heterocycles. The third kappa shape index (κ3) is 6.48. The first-order valence-electron chi connectivity index (χ1n) is 12.2. The van der Waals surface area contributed by atoms with E-state index in [1.807, 2.05) is 18.2 Å². The Hall–Kier alpha value is -3.72. The van der Waals surface area contributed by atoms with Gasteiger partial charge in [-0.25, -0.2) is 14.4 Å². The van der Waals surface area contributed by atoms with Crippen LogP contribution >= 0.6 is 0 Å². The van der Waals surface area contributed by atoms with E-state index in [4.69, 9.17) is 4.74 Å². The van der Waals surface area contributed by atoms with Gasteiger partial charge in [0, 0.05) is 62.6 Å². The summed E-state index contributed by atoms with van der Waals surface area (Å²) in [6.45, 7) is 6.90. The van der Waals surface area contributed by atoms with Crippen LogP contribution in [0.25, 0.3) is 0 Å². The van der Waals surface area contributed by atoms with Crippen LogP contribution in [-0.2, 0) is 12.8 Å². The van der Waals surface area contributed by atoms with Crippen molar-refractivity contribution in [3.63, 3.8) is 0 Å². The smallest absolute Gasteiger partial charge is 0.251 e. The molecule has 0 spiro atoms. The zero-order chi connectivity index (χ0) is 25.5. The highest BCUT2D eigenvalue weighted by Gasteiger charge is 2.17. The summed E-state index contributed by atoms with van der Waals surface area (Å²) >= 11 is 0. The molecule has 0 aliphatic carbocycles. The largest absolute Gasteiger partial charge is 0.497 e. The summed E-state index contributed by atoms with van der Waals surface area (Å²) in [5, 5.41) is 5.77. The molecule has 0 radical (unpaired) electrons. The highest BCUT2D eigenvalue weighted by molar-refractivity contribution is 5.94. The predicted octanol–water partition coefficient (Wildman–Crippen LogP) is 3.65. The first-order valence-corrected chi connectivity index (χ1v) is 12.2. The Labute approximate surface area is 211 Å². The molecule has 0 saturated carbocycles. The van der Waals surface area contributed by atoms with E-state index in [0.29, 0.717) is 35.8 Å². The van der Waals surface area contributed by atoms with Crippen molar-refractivity contribution in [1.29, 1.82) is 0 Å². The van der Waals surface area contributed by atoms with E-state index in [0.717, 1.165) is 49.5 Å². The summed E-state index contributed by atoms with van der Waals surface area (Å²) in [5.74, 6) is 0.606. The molecule has 9 heteroatoms. The molecular weight excluding hydrogens is 459 g/mol. The van der Waals surface area contributed by atoms with Gasteiger partial charge in [-0.1, -0.05) is 6.92 Å². The van der Waals surface area contributed by atoms with Crippen molar-refractivity contribution in [2.75, 3.05) is 57.1 Å². The van der Waals surface area contributed by atoms with E-state index in [-0.39, 0.29) is 11.7 Å². The standard InChI is InChI=1S/C27H33FN6O2/c1-4-33-7-9-34(10-8-33)24-15-22(28)14-23(16-24)32-27-30-17-20(18-31-27)6-5-19-11-21(26(35)29-2)13-25(12-19)36-3/h11-18H,4-10H2,1-3H3,(H,29,35)(H,30,31,32). The normalized spacial score (nSPS) is 13.9. The molecule has 3 aromatic rings. The predicted molar refractivity (Wildman–Crippen MR) is 140 cm³/mol. The van der Waals surface area contributed by atoms with Gasteiger partial charge in [0.15, 0.2) is 0 Å². The summed E-state index contributed by atoms with van der Waals surface area (Å²) in [5.41, 5.74) is 3.98. The zero-order valence-corrected chi connectivity index (χ0v) is 21.1. The number of halogens is 1. The van der Waals surface area contributed by atoms with Gasteiger partial charge in [0.1, 0.15) is 11.6 Å². The number of anilines is 3. The first kappa shape index (κ1) is 25.4. The molecule has 36 heavy (non-hydrogen) atoms. The number of rotatable bonds is 9. The van der Waals surface area contributed by atoms with Crippen LogP contribution in [0.2, 0.25) is 0 Å². The van der Waals surface area contributed by atoms with Gasteiger partial charge in [0.25, 0.3) is 5.91 Å². The van der Waals surface area contributed by atoms with E-state index >= 15 is 0 Å². The second-order valence-corrected chi connectivity index (χ2v) is 8.81. The third-order valence-corrected chi connectivity index (χ3v) is 6.42. The molecule has 8 nitrogen and oxygen atoms in total. The Balaban J connectivity index is 1.39. The minimum Gasteiger partial charge on any atom is -0.497 e. The Morgan fingerprint density at radius 2 is 1.72 bits per heavy atom. The van der Waals surface area contributed by atoms with Crippen molar-refractivity contribution in [3.05, 3.63) is 71.3 Å². The Bertz CT molecular complexity index is 1180. The van der Waals surface area contributed by atoms with E-state index in [9.17, 15) is 9.18 Å². The molecule has 2 N–H and O–H groups in total. The minimum atomic E-state index is -0.293. The number of hydrogen-bond acceptors (Lipinski definition) is 7. The molecule has 1 fully saturated rings. The third-order valence-electron chi connectivity index (χ3n) is 6.42. The van der Waals surface area contributed by atoms with E-state index in [1.165, 1.54) is 6.07 Å². The van der Waals surface area contributed by atoms with Crippen LogP contribution in [0, 0.1) is 5.82 Å². The van der Waals surface area contributed by atoms with Gasteiger partial charge >= 0.3 is 0 Å². The lowest BCUT2D eigenvalue weighted by Crippen LogP contribution is -2.46. The van der Waals surface area contributed by atoms with Gasteiger partial charge in [-0.05, 0) is 66.9 Å². The van der Waals surface area contributed by atoms with Gasteiger partial charge in [0.2, 0.25) is 5.95 Å². The van der Waals surface area contributed by atoms with Crippen LogP contribution in [0.1, 0.15) is 28.4 Å². The molecule has 4 rings (SSSR count). The summed E-state index contributed by atoms with van der Waals surface area (Å²) in [6, 6.07) is 10.5. The van der Waals surface area contributed by atoms with Gasteiger partial charge in [0.05, 0.1) is 7.11 Å². The zero-order valence-electron chi connectivity index (χ0n) is 21.1. The summed E-state index contributed by atoms with van der Waals surface area (Å²) in [6.07, 6.45) is 4.93. The number of methoxy groups -OCH3 is 1. The Kier molecular flexibility index (Phi) is 8.32. The van der Waals surface area contributed by atoms with Crippen LogP contribution in [0.5, 0.6) is 5.75 Å². The fourth-order valence-corrected chi connectivity index (χ4v) is 4.32. The van der Waals surface area contributed by atoms with Crippen LogP contribution in [0.3, 0.4) is 0 Å².